The number of carbonyl (C=O) groups is 3. The molecule has 1 heterocycles. The molecular weight excluding hydrogens is 363 g/mol. The second kappa shape index (κ2) is 6.57. The maximum Gasteiger partial charge on any atom is 0.405 e. The van der Waals surface area contributed by atoms with Crippen LogP contribution in [-0.4, -0.2) is 42.0 Å². The summed E-state index contributed by atoms with van der Waals surface area (Å²) in [5.74, 6) is -1.77. The van der Waals surface area contributed by atoms with Gasteiger partial charge in [-0.2, -0.15) is 13.2 Å². The van der Waals surface area contributed by atoms with Crippen LogP contribution in [0.1, 0.15) is 12.5 Å². The Morgan fingerprint density at radius 1 is 1.15 bits per heavy atom. The van der Waals surface area contributed by atoms with Gasteiger partial charge < -0.3 is 10.6 Å². The number of nitrogens with one attached hydrogen (secondary N) is 2. The van der Waals surface area contributed by atoms with E-state index in [1.807, 2.05) is 18.2 Å². The van der Waals surface area contributed by atoms with Crippen LogP contribution in [0.25, 0.3) is 10.8 Å². The number of hydrogen-bond acceptors (Lipinski definition) is 3. The third-order valence-electron chi connectivity index (χ3n) is 4.39. The minimum atomic E-state index is -4.58. The maximum atomic E-state index is 12.9. The Hall–Kier alpha value is -3.10. The van der Waals surface area contributed by atoms with Crippen molar-refractivity contribution >= 4 is 28.6 Å². The molecule has 1 atom stereocenters. The number of imide groups is 1. The number of carbonyl (C=O) groups excluding carboxylic acids is 3. The van der Waals surface area contributed by atoms with E-state index in [4.69, 9.17) is 0 Å². The van der Waals surface area contributed by atoms with Crippen LogP contribution in [0.5, 0.6) is 0 Å². The highest BCUT2D eigenvalue weighted by molar-refractivity contribution is 6.10. The van der Waals surface area contributed by atoms with Crippen molar-refractivity contribution in [2.45, 2.75) is 18.6 Å². The lowest BCUT2D eigenvalue weighted by Crippen LogP contribution is -2.44. The second-order valence-corrected chi connectivity index (χ2v) is 6.37. The zero-order valence-corrected chi connectivity index (χ0v) is 14.3. The zero-order valence-electron chi connectivity index (χ0n) is 14.3. The van der Waals surface area contributed by atoms with Gasteiger partial charge in [-0.3, -0.25) is 14.5 Å². The molecule has 0 aromatic heterocycles. The number of nitrogens with zero attached hydrogens (tertiary/aromatic N) is 1. The third-order valence-corrected chi connectivity index (χ3v) is 4.39. The molecule has 3 rings (SSSR count). The van der Waals surface area contributed by atoms with Crippen molar-refractivity contribution in [3.8, 4) is 0 Å². The van der Waals surface area contributed by atoms with Crippen molar-refractivity contribution in [2.24, 2.45) is 0 Å². The molecule has 4 amide bonds. The Morgan fingerprint density at radius 3 is 2.52 bits per heavy atom. The molecule has 1 aliphatic rings. The summed E-state index contributed by atoms with van der Waals surface area (Å²) in [7, 11) is 0. The average Bonchev–Trinajstić information content (AvgIpc) is 2.83. The van der Waals surface area contributed by atoms with Crippen LogP contribution in [0.3, 0.4) is 0 Å². The molecule has 2 aromatic carbocycles. The molecule has 9 heteroatoms. The van der Waals surface area contributed by atoms with Gasteiger partial charge in [-0.25, -0.2) is 4.79 Å². The molecule has 0 radical (unpaired) electrons. The molecule has 0 unspecified atom stereocenters. The van der Waals surface area contributed by atoms with E-state index < -0.39 is 42.7 Å². The summed E-state index contributed by atoms with van der Waals surface area (Å²) in [6.07, 6.45) is -4.58. The Balaban J connectivity index is 1.85. The molecule has 142 valence electrons. The van der Waals surface area contributed by atoms with Crippen molar-refractivity contribution < 1.29 is 27.6 Å². The number of benzene rings is 2. The lowest BCUT2D eigenvalue weighted by Gasteiger charge is -2.24. The minimum Gasteiger partial charge on any atom is -0.345 e. The molecule has 0 bridgehead atoms. The molecule has 0 spiro atoms. The molecule has 27 heavy (non-hydrogen) atoms. The summed E-state index contributed by atoms with van der Waals surface area (Å²) in [5.41, 5.74) is -0.889. The first-order chi connectivity index (χ1) is 12.6. The minimum absolute atomic E-state index is 0.539. The summed E-state index contributed by atoms with van der Waals surface area (Å²) in [5, 5.41) is 5.81. The molecular formula is C18H16F3N3O3. The molecule has 1 saturated heterocycles. The van der Waals surface area contributed by atoms with E-state index in [0.717, 1.165) is 10.8 Å². The number of hydrogen-bond donors (Lipinski definition) is 2. The van der Waals surface area contributed by atoms with Gasteiger partial charge in [0.15, 0.2) is 0 Å². The van der Waals surface area contributed by atoms with Gasteiger partial charge >= 0.3 is 12.2 Å². The standard InChI is InChI=1S/C18H16F3N3O3/c1-17(13-8-4-6-11-5-2-3-7-12(11)13)15(26)24(16(27)23-17)9-14(25)22-10-18(19,20)21/h2-8H,9-10H2,1H3,(H,22,25)(H,23,27)/t17-/m1/s1. The smallest absolute Gasteiger partial charge is 0.345 e. The van der Waals surface area contributed by atoms with E-state index in [9.17, 15) is 27.6 Å². The first-order valence-electron chi connectivity index (χ1n) is 8.07. The van der Waals surface area contributed by atoms with Crippen LogP contribution in [-0.2, 0) is 15.1 Å². The fourth-order valence-electron chi connectivity index (χ4n) is 3.08. The van der Waals surface area contributed by atoms with E-state index in [2.05, 4.69) is 5.32 Å². The van der Waals surface area contributed by atoms with Crippen molar-refractivity contribution in [3.05, 3.63) is 48.0 Å². The monoisotopic (exact) mass is 379 g/mol. The molecule has 1 fully saturated rings. The van der Waals surface area contributed by atoms with Gasteiger partial charge in [-0.15, -0.1) is 0 Å². The Morgan fingerprint density at radius 2 is 1.81 bits per heavy atom. The molecule has 0 saturated carbocycles. The zero-order chi connectivity index (χ0) is 19.8. The topological polar surface area (TPSA) is 78.5 Å². The van der Waals surface area contributed by atoms with Crippen LogP contribution in [0.4, 0.5) is 18.0 Å². The number of alkyl halides is 3. The van der Waals surface area contributed by atoms with Gasteiger partial charge in [-0.1, -0.05) is 42.5 Å². The van der Waals surface area contributed by atoms with Crippen LogP contribution in [0, 0.1) is 0 Å². The normalized spacial score (nSPS) is 20.1. The summed E-state index contributed by atoms with van der Waals surface area (Å²) < 4.78 is 36.6. The molecule has 2 N–H and O–H groups in total. The van der Waals surface area contributed by atoms with Gasteiger partial charge in [0.25, 0.3) is 5.91 Å². The van der Waals surface area contributed by atoms with Gasteiger partial charge in [0.1, 0.15) is 18.6 Å². The van der Waals surface area contributed by atoms with E-state index in [-0.39, 0.29) is 0 Å². The number of rotatable bonds is 4. The summed E-state index contributed by atoms with van der Waals surface area (Å²) in [6, 6.07) is 11.7. The van der Waals surface area contributed by atoms with E-state index >= 15 is 0 Å². The van der Waals surface area contributed by atoms with Crippen LogP contribution in [0.2, 0.25) is 0 Å². The van der Waals surface area contributed by atoms with Gasteiger partial charge in [-0.05, 0) is 23.3 Å². The lowest BCUT2D eigenvalue weighted by molar-refractivity contribution is -0.141. The maximum absolute atomic E-state index is 12.9. The number of halogens is 3. The number of fused-ring (bicyclic) bond motifs is 1. The van der Waals surface area contributed by atoms with E-state index in [0.29, 0.717) is 10.5 Å². The van der Waals surface area contributed by atoms with E-state index in [1.54, 1.807) is 29.6 Å². The first-order valence-corrected chi connectivity index (χ1v) is 8.07. The highest BCUT2D eigenvalue weighted by atomic mass is 19.4. The summed E-state index contributed by atoms with van der Waals surface area (Å²) >= 11 is 0. The third kappa shape index (κ3) is 3.57. The highest BCUT2D eigenvalue weighted by Gasteiger charge is 2.50. The number of amides is 4. The van der Waals surface area contributed by atoms with Crippen molar-refractivity contribution in [1.29, 1.82) is 0 Å². The quantitative estimate of drug-likeness (QED) is 0.800. The van der Waals surface area contributed by atoms with Crippen LogP contribution >= 0.6 is 0 Å². The predicted octanol–water partition coefficient (Wildman–Crippen LogP) is 2.29. The molecule has 2 aromatic rings. The SMILES string of the molecule is C[C@]1(c2cccc3ccccc23)NC(=O)N(CC(=O)NCC(F)(F)F)C1=O. The Kier molecular flexibility index (Phi) is 4.54. The predicted molar refractivity (Wildman–Crippen MR) is 90.6 cm³/mol. The van der Waals surface area contributed by atoms with Crippen LogP contribution < -0.4 is 10.6 Å². The lowest BCUT2D eigenvalue weighted by atomic mass is 9.88. The first kappa shape index (κ1) is 18.7. The van der Waals surface area contributed by atoms with Crippen LogP contribution in [0.15, 0.2) is 42.5 Å². The second-order valence-electron chi connectivity index (χ2n) is 6.37. The fraction of sp³-hybridized carbons (Fsp3) is 0.278. The van der Waals surface area contributed by atoms with Crippen molar-refractivity contribution in [2.75, 3.05) is 13.1 Å². The molecule has 1 aliphatic heterocycles. The summed E-state index contributed by atoms with van der Waals surface area (Å²) in [6.45, 7) is -0.820. The summed E-state index contributed by atoms with van der Waals surface area (Å²) in [4.78, 5) is 37.4. The Labute approximate surface area is 152 Å². The number of urea groups is 1. The molecule has 0 aliphatic carbocycles. The van der Waals surface area contributed by atoms with Crippen molar-refractivity contribution in [1.82, 2.24) is 15.5 Å². The average molecular weight is 379 g/mol. The molecule has 6 nitrogen and oxygen atoms in total. The van der Waals surface area contributed by atoms with E-state index in [1.165, 1.54) is 6.92 Å². The van der Waals surface area contributed by atoms with Gasteiger partial charge in [0.2, 0.25) is 5.91 Å². The Bertz CT molecular complexity index is 923. The van der Waals surface area contributed by atoms with Gasteiger partial charge in [0, 0.05) is 0 Å². The largest absolute Gasteiger partial charge is 0.405 e. The van der Waals surface area contributed by atoms with Crippen molar-refractivity contribution in [3.63, 3.8) is 0 Å². The fourth-order valence-corrected chi connectivity index (χ4v) is 3.08. The van der Waals surface area contributed by atoms with Gasteiger partial charge in [0.05, 0.1) is 0 Å². The highest BCUT2D eigenvalue weighted by Crippen LogP contribution is 2.33.